The molecular weight excluding hydrogens is 346 g/mol. The fraction of sp³-hybridized carbons (Fsp3) is 0.588. The molecule has 1 aromatic rings. The maximum atomic E-state index is 13.2. The lowest BCUT2D eigenvalue weighted by molar-refractivity contribution is -0.142. The first-order valence-electron chi connectivity index (χ1n) is 8.24. The van der Waals surface area contributed by atoms with Crippen LogP contribution < -0.4 is 4.74 Å². The smallest absolute Gasteiger partial charge is 0.329 e. The van der Waals surface area contributed by atoms with Crippen LogP contribution in [-0.4, -0.2) is 56.7 Å². The molecule has 1 aromatic carbocycles. The van der Waals surface area contributed by atoms with Crippen LogP contribution in [0, 0.1) is 13.8 Å². The average Bonchev–Trinajstić information content (AvgIpc) is 2.53. The first-order valence-corrected chi connectivity index (χ1v) is 9.68. The van der Waals surface area contributed by atoms with Crippen molar-refractivity contribution in [1.82, 2.24) is 4.31 Å². The molecular formula is C17H25NO6S. The third-order valence-corrected chi connectivity index (χ3v) is 6.60. The lowest BCUT2D eigenvalue weighted by atomic mass is 10.1. The Balaban J connectivity index is 2.31. The highest BCUT2D eigenvalue weighted by molar-refractivity contribution is 7.89. The summed E-state index contributed by atoms with van der Waals surface area (Å²) in [5.41, 5.74) is 1.26. The van der Waals surface area contributed by atoms with Crippen molar-refractivity contribution in [2.45, 2.75) is 44.0 Å². The highest BCUT2D eigenvalue weighted by atomic mass is 32.2. The van der Waals surface area contributed by atoms with Gasteiger partial charge in [-0.2, -0.15) is 4.31 Å². The molecule has 25 heavy (non-hydrogen) atoms. The van der Waals surface area contributed by atoms with Gasteiger partial charge in [0, 0.05) is 12.6 Å². The second-order valence-corrected chi connectivity index (χ2v) is 8.09. The van der Waals surface area contributed by atoms with Crippen molar-refractivity contribution in [3.05, 3.63) is 23.3 Å². The average molecular weight is 371 g/mol. The third-order valence-electron chi connectivity index (χ3n) is 4.35. The van der Waals surface area contributed by atoms with Crippen LogP contribution >= 0.6 is 0 Å². The monoisotopic (exact) mass is 371 g/mol. The summed E-state index contributed by atoms with van der Waals surface area (Å²) in [5.74, 6) is -0.444. The number of aliphatic carboxylic acids is 1. The van der Waals surface area contributed by atoms with E-state index < -0.39 is 22.6 Å². The van der Waals surface area contributed by atoms with Gasteiger partial charge in [-0.05, 0) is 49.9 Å². The van der Waals surface area contributed by atoms with Gasteiger partial charge in [0.05, 0.1) is 18.6 Å². The maximum absolute atomic E-state index is 13.2. The lowest BCUT2D eigenvalue weighted by Crippen LogP contribution is -2.46. The van der Waals surface area contributed by atoms with Crippen LogP contribution in [0.25, 0.3) is 0 Å². The van der Waals surface area contributed by atoms with Gasteiger partial charge in [-0.1, -0.05) is 6.42 Å². The zero-order valence-corrected chi connectivity index (χ0v) is 15.6. The largest absolute Gasteiger partial charge is 0.497 e. The third kappa shape index (κ3) is 4.50. The molecule has 7 nitrogen and oxygen atoms in total. The van der Waals surface area contributed by atoms with E-state index in [0.717, 1.165) is 12.8 Å². The number of carboxylic acid groups (broad SMARTS) is 1. The van der Waals surface area contributed by atoms with Crippen LogP contribution in [0.1, 0.15) is 30.4 Å². The summed E-state index contributed by atoms with van der Waals surface area (Å²) in [7, 11) is -2.15. The molecule has 0 aromatic heterocycles. The van der Waals surface area contributed by atoms with E-state index in [4.69, 9.17) is 14.6 Å². The van der Waals surface area contributed by atoms with Crippen molar-refractivity contribution >= 4 is 16.0 Å². The number of rotatable bonds is 7. The molecule has 140 valence electrons. The van der Waals surface area contributed by atoms with Crippen molar-refractivity contribution in [2.24, 2.45) is 0 Å². The molecule has 1 heterocycles. The zero-order chi connectivity index (χ0) is 18.6. The Morgan fingerprint density at radius 2 is 1.92 bits per heavy atom. The summed E-state index contributed by atoms with van der Waals surface area (Å²) in [6, 6.07) is 3.07. The normalized spacial score (nSPS) is 18.9. The number of aryl methyl sites for hydroxylation is 2. The molecule has 0 radical (unpaired) electrons. The Morgan fingerprint density at radius 1 is 1.28 bits per heavy atom. The molecule has 0 aliphatic carbocycles. The quantitative estimate of drug-likeness (QED) is 0.787. The van der Waals surface area contributed by atoms with Crippen LogP contribution in [0.15, 0.2) is 17.0 Å². The van der Waals surface area contributed by atoms with Gasteiger partial charge in [0.1, 0.15) is 12.4 Å². The van der Waals surface area contributed by atoms with E-state index in [1.807, 2.05) is 0 Å². The molecule has 0 unspecified atom stereocenters. The van der Waals surface area contributed by atoms with Crippen LogP contribution in [0.2, 0.25) is 0 Å². The molecule has 1 aliphatic heterocycles. The van der Waals surface area contributed by atoms with E-state index in [2.05, 4.69) is 0 Å². The van der Waals surface area contributed by atoms with Gasteiger partial charge in [0.15, 0.2) is 0 Å². The van der Waals surface area contributed by atoms with Gasteiger partial charge in [-0.15, -0.1) is 0 Å². The van der Waals surface area contributed by atoms with E-state index in [1.165, 1.54) is 4.31 Å². The molecule has 0 saturated carbocycles. The highest BCUT2D eigenvalue weighted by Crippen LogP contribution is 2.31. The van der Waals surface area contributed by atoms with Crippen LogP contribution in [0.3, 0.4) is 0 Å². The number of methoxy groups -OCH3 is 1. The minimum atomic E-state index is -3.70. The van der Waals surface area contributed by atoms with E-state index >= 15 is 0 Å². The molecule has 1 N–H and O–H groups in total. The molecule has 0 spiro atoms. The van der Waals surface area contributed by atoms with Crippen molar-refractivity contribution in [1.29, 1.82) is 0 Å². The van der Waals surface area contributed by atoms with Gasteiger partial charge >= 0.3 is 5.97 Å². The number of hydrogen-bond acceptors (Lipinski definition) is 5. The highest BCUT2D eigenvalue weighted by Gasteiger charge is 2.35. The Hall–Kier alpha value is -1.64. The van der Waals surface area contributed by atoms with Crippen molar-refractivity contribution < 1.29 is 27.8 Å². The number of sulfonamides is 1. The first-order chi connectivity index (χ1) is 11.8. The maximum Gasteiger partial charge on any atom is 0.329 e. The molecule has 0 bridgehead atoms. The van der Waals surface area contributed by atoms with Gasteiger partial charge in [0.2, 0.25) is 10.0 Å². The van der Waals surface area contributed by atoms with Crippen molar-refractivity contribution in [3.63, 3.8) is 0 Å². The summed E-state index contributed by atoms with van der Waals surface area (Å²) < 4.78 is 38.3. The van der Waals surface area contributed by atoms with Crippen LogP contribution in [-0.2, 0) is 19.6 Å². The number of carboxylic acids is 1. The van der Waals surface area contributed by atoms with Crippen molar-refractivity contribution in [2.75, 3.05) is 26.9 Å². The summed E-state index contributed by atoms with van der Waals surface area (Å²) in [5, 5.41) is 8.70. The van der Waals surface area contributed by atoms with Crippen LogP contribution in [0.4, 0.5) is 0 Å². The Bertz CT molecular complexity index is 708. The Labute approximate surface area is 148 Å². The fourth-order valence-corrected chi connectivity index (χ4v) is 5.39. The first kappa shape index (κ1) is 19.7. The molecule has 0 amide bonds. The van der Waals surface area contributed by atoms with Crippen LogP contribution in [0.5, 0.6) is 5.75 Å². The molecule has 1 saturated heterocycles. The molecule has 8 heteroatoms. The predicted molar refractivity (Wildman–Crippen MR) is 92.5 cm³/mol. The molecule has 1 fully saturated rings. The number of piperidine rings is 1. The second-order valence-electron chi connectivity index (χ2n) is 6.26. The fourth-order valence-electron chi connectivity index (χ4n) is 3.29. The number of hydrogen-bond donors (Lipinski definition) is 1. The van der Waals surface area contributed by atoms with Crippen molar-refractivity contribution in [3.8, 4) is 5.75 Å². The molecule has 1 aliphatic rings. The van der Waals surface area contributed by atoms with Gasteiger partial charge in [0.25, 0.3) is 0 Å². The second kappa shape index (κ2) is 8.16. The van der Waals surface area contributed by atoms with Gasteiger partial charge in [-0.25, -0.2) is 13.2 Å². The Kier molecular flexibility index (Phi) is 6.42. The standard InChI is InChI=1S/C17H25NO6S/c1-12-8-15(23-3)9-13(2)17(12)25(21,22)18-7-5-4-6-14(18)10-24-11-16(19)20/h8-9,14H,4-7,10-11H2,1-3H3,(H,19,20)/t14-/m0/s1. The summed E-state index contributed by atoms with van der Waals surface area (Å²) >= 11 is 0. The summed E-state index contributed by atoms with van der Waals surface area (Å²) in [6.45, 7) is 3.57. The SMILES string of the molecule is COc1cc(C)c(S(=O)(=O)N2CCCC[C@H]2COCC(=O)O)c(C)c1. The van der Waals surface area contributed by atoms with E-state index in [0.29, 0.717) is 34.7 Å². The predicted octanol–water partition coefficient (Wildman–Crippen LogP) is 1.96. The van der Waals surface area contributed by atoms with E-state index in [-0.39, 0.29) is 12.6 Å². The summed E-state index contributed by atoms with van der Waals surface area (Å²) in [6.07, 6.45) is 2.34. The summed E-state index contributed by atoms with van der Waals surface area (Å²) in [4.78, 5) is 10.9. The minimum absolute atomic E-state index is 0.0831. The number of nitrogens with zero attached hydrogens (tertiary/aromatic N) is 1. The zero-order valence-electron chi connectivity index (χ0n) is 14.8. The Morgan fingerprint density at radius 3 is 2.48 bits per heavy atom. The van der Waals surface area contributed by atoms with Gasteiger partial charge in [-0.3, -0.25) is 0 Å². The molecule has 2 rings (SSSR count). The van der Waals surface area contributed by atoms with Gasteiger partial charge < -0.3 is 14.6 Å². The van der Waals surface area contributed by atoms with E-state index in [1.54, 1.807) is 33.1 Å². The number of benzene rings is 1. The lowest BCUT2D eigenvalue weighted by Gasteiger charge is -2.35. The topological polar surface area (TPSA) is 93.1 Å². The molecule has 1 atom stereocenters. The minimum Gasteiger partial charge on any atom is -0.497 e. The number of ether oxygens (including phenoxy) is 2. The number of carbonyl (C=O) groups is 1. The van der Waals surface area contributed by atoms with E-state index in [9.17, 15) is 13.2 Å².